The van der Waals surface area contributed by atoms with E-state index in [0.717, 1.165) is 38.2 Å². The van der Waals surface area contributed by atoms with Crippen LogP contribution in [0.15, 0.2) is 24.3 Å². The molecule has 4 N–H and O–H groups in total. The van der Waals surface area contributed by atoms with Gasteiger partial charge in [-0.25, -0.2) is 0 Å². The second-order valence-corrected chi connectivity index (χ2v) is 5.69. The van der Waals surface area contributed by atoms with Gasteiger partial charge in [0.25, 0.3) is 0 Å². The minimum Gasteiger partial charge on any atom is -0.491 e. The number of ether oxygens (including phenoxy) is 1. The van der Waals surface area contributed by atoms with E-state index in [0.29, 0.717) is 12.3 Å². The number of rotatable bonds is 6. The van der Waals surface area contributed by atoms with Gasteiger partial charge in [-0.3, -0.25) is 4.79 Å². The molecule has 1 aliphatic heterocycles. The number of likely N-dealkylation sites (tertiary alicyclic amines) is 1. The van der Waals surface area contributed by atoms with E-state index in [2.05, 4.69) is 4.90 Å². The Bertz CT molecular complexity index is 478. The summed E-state index contributed by atoms with van der Waals surface area (Å²) < 4.78 is 5.65. The molecular formula is C15H23N3O2. The van der Waals surface area contributed by atoms with Crippen molar-refractivity contribution in [1.82, 2.24) is 4.90 Å². The second kappa shape index (κ2) is 6.13. The van der Waals surface area contributed by atoms with Gasteiger partial charge in [0, 0.05) is 13.1 Å². The van der Waals surface area contributed by atoms with Crippen LogP contribution in [0.3, 0.4) is 0 Å². The smallest absolute Gasteiger partial charge is 0.224 e. The first-order chi connectivity index (χ1) is 9.51. The van der Waals surface area contributed by atoms with Gasteiger partial charge in [-0.15, -0.1) is 0 Å². The van der Waals surface area contributed by atoms with Crippen LogP contribution >= 0.6 is 0 Å². The zero-order valence-corrected chi connectivity index (χ0v) is 12.0. The molecule has 2 rings (SSSR count). The van der Waals surface area contributed by atoms with Crippen LogP contribution in [-0.4, -0.2) is 37.0 Å². The van der Waals surface area contributed by atoms with E-state index in [1.54, 1.807) is 0 Å². The Hall–Kier alpha value is -1.75. The summed E-state index contributed by atoms with van der Waals surface area (Å²) in [6.45, 7) is 5.15. The number of amides is 1. The average molecular weight is 277 g/mol. The lowest BCUT2D eigenvalue weighted by Crippen LogP contribution is -2.37. The van der Waals surface area contributed by atoms with Gasteiger partial charge in [-0.1, -0.05) is 12.1 Å². The highest BCUT2D eigenvalue weighted by Crippen LogP contribution is 2.29. The van der Waals surface area contributed by atoms with Gasteiger partial charge in [-0.2, -0.15) is 0 Å². The van der Waals surface area contributed by atoms with Gasteiger partial charge in [0.15, 0.2) is 0 Å². The molecule has 0 spiro atoms. The Morgan fingerprint density at radius 2 is 2.20 bits per heavy atom. The molecular weight excluding hydrogens is 254 g/mol. The topological polar surface area (TPSA) is 81.6 Å². The van der Waals surface area contributed by atoms with Gasteiger partial charge in [0.2, 0.25) is 5.91 Å². The normalized spacial score (nSPS) is 22.9. The van der Waals surface area contributed by atoms with E-state index >= 15 is 0 Å². The highest BCUT2D eigenvalue weighted by molar-refractivity contribution is 5.81. The summed E-state index contributed by atoms with van der Waals surface area (Å²) in [5.74, 6) is 0.532. The van der Waals surface area contributed by atoms with Crippen LogP contribution in [0.2, 0.25) is 0 Å². The number of benzene rings is 1. The number of nitrogens with zero attached hydrogens (tertiary/aromatic N) is 1. The molecule has 0 bridgehead atoms. The van der Waals surface area contributed by atoms with Crippen LogP contribution in [0.5, 0.6) is 5.75 Å². The molecule has 1 heterocycles. The molecule has 1 aromatic carbocycles. The number of nitrogen functional groups attached to an aromatic ring is 1. The fourth-order valence-electron chi connectivity index (χ4n) is 2.53. The average Bonchev–Trinajstić information content (AvgIpc) is 2.80. The molecule has 1 atom stereocenters. The van der Waals surface area contributed by atoms with Crippen molar-refractivity contribution in [2.75, 3.05) is 32.0 Å². The zero-order chi connectivity index (χ0) is 14.6. The number of carbonyl (C=O) groups excluding carboxylic acids is 1. The van der Waals surface area contributed by atoms with Gasteiger partial charge in [0.05, 0.1) is 17.7 Å². The highest BCUT2D eigenvalue weighted by atomic mass is 16.5. The Morgan fingerprint density at radius 3 is 2.85 bits per heavy atom. The number of anilines is 1. The van der Waals surface area contributed by atoms with Crippen LogP contribution < -0.4 is 16.2 Å². The van der Waals surface area contributed by atoms with Crippen molar-refractivity contribution < 1.29 is 9.53 Å². The third kappa shape index (κ3) is 3.42. The fourth-order valence-corrected chi connectivity index (χ4v) is 2.53. The molecule has 0 aliphatic carbocycles. The van der Waals surface area contributed by atoms with Crippen LogP contribution in [-0.2, 0) is 4.79 Å². The molecule has 1 aliphatic rings. The van der Waals surface area contributed by atoms with E-state index in [1.165, 1.54) is 0 Å². The summed E-state index contributed by atoms with van der Waals surface area (Å²) in [6.07, 6.45) is 1.75. The third-order valence-corrected chi connectivity index (χ3v) is 3.94. The number of hydrogen-bond acceptors (Lipinski definition) is 4. The van der Waals surface area contributed by atoms with E-state index in [-0.39, 0.29) is 11.3 Å². The van der Waals surface area contributed by atoms with E-state index in [9.17, 15) is 4.79 Å². The summed E-state index contributed by atoms with van der Waals surface area (Å²) in [5, 5.41) is 0. The standard InChI is InChI=1S/C15H23N3O2/c1-15(14(17)19)7-9-18(11-15)8-4-10-20-13-6-3-2-5-12(13)16/h2-3,5-6H,4,7-11,16H2,1H3,(H2,17,19). The highest BCUT2D eigenvalue weighted by Gasteiger charge is 2.38. The molecule has 1 saturated heterocycles. The molecule has 1 fully saturated rings. The number of para-hydroxylation sites is 2. The maximum atomic E-state index is 11.4. The van der Waals surface area contributed by atoms with Gasteiger partial charge < -0.3 is 21.1 Å². The van der Waals surface area contributed by atoms with Crippen LogP contribution in [0.4, 0.5) is 5.69 Å². The van der Waals surface area contributed by atoms with Crippen molar-refractivity contribution in [2.45, 2.75) is 19.8 Å². The van der Waals surface area contributed by atoms with Gasteiger partial charge in [-0.05, 0) is 38.4 Å². The molecule has 5 nitrogen and oxygen atoms in total. The lowest BCUT2D eigenvalue weighted by molar-refractivity contribution is -0.126. The zero-order valence-electron chi connectivity index (χ0n) is 12.0. The molecule has 110 valence electrons. The predicted octanol–water partition coefficient (Wildman–Crippen LogP) is 1.23. The predicted molar refractivity (Wildman–Crippen MR) is 79.3 cm³/mol. The summed E-state index contributed by atoms with van der Waals surface area (Å²) in [7, 11) is 0. The molecule has 0 saturated carbocycles. The Morgan fingerprint density at radius 1 is 1.45 bits per heavy atom. The number of carbonyl (C=O) groups is 1. The lowest BCUT2D eigenvalue weighted by Gasteiger charge is -2.21. The van der Waals surface area contributed by atoms with E-state index in [4.69, 9.17) is 16.2 Å². The molecule has 1 aromatic rings. The molecule has 20 heavy (non-hydrogen) atoms. The van der Waals surface area contributed by atoms with Crippen LogP contribution in [0, 0.1) is 5.41 Å². The summed E-state index contributed by atoms with van der Waals surface area (Å²) in [5.41, 5.74) is 11.5. The Kier molecular flexibility index (Phi) is 4.49. The van der Waals surface area contributed by atoms with Crippen molar-refractivity contribution in [3.8, 4) is 5.75 Å². The molecule has 1 unspecified atom stereocenters. The molecule has 0 aromatic heterocycles. The monoisotopic (exact) mass is 277 g/mol. The fraction of sp³-hybridized carbons (Fsp3) is 0.533. The first-order valence-corrected chi connectivity index (χ1v) is 7.01. The van der Waals surface area contributed by atoms with Crippen molar-refractivity contribution in [3.05, 3.63) is 24.3 Å². The quantitative estimate of drug-likeness (QED) is 0.605. The van der Waals surface area contributed by atoms with Crippen molar-refractivity contribution in [3.63, 3.8) is 0 Å². The first-order valence-electron chi connectivity index (χ1n) is 7.01. The molecule has 5 heteroatoms. The number of hydrogen-bond donors (Lipinski definition) is 2. The van der Waals surface area contributed by atoms with Crippen LogP contribution in [0.25, 0.3) is 0 Å². The SMILES string of the molecule is CC1(C(N)=O)CCN(CCCOc2ccccc2N)C1. The Labute approximate surface area is 119 Å². The molecule has 1 amide bonds. The summed E-state index contributed by atoms with van der Waals surface area (Å²) in [4.78, 5) is 13.6. The van der Waals surface area contributed by atoms with Crippen molar-refractivity contribution >= 4 is 11.6 Å². The van der Waals surface area contributed by atoms with Gasteiger partial charge >= 0.3 is 0 Å². The lowest BCUT2D eigenvalue weighted by atomic mass is 9.89. The number of primary amides is 1. The largest absolute Gasteiger partial charge is 0.491 e. The third-order valence-electron chi connectivity index (χ3n) is 3.94. The molecule has 0 radical (unpaired) electrons. The summed E-state index contributed by atoms with van der Waals surface area (Å²) in [6, 6.07) is 7.49. The Balaban J connectivity index is 1.70. The van der Waals surface area contributed by atoms with E-state index < -0.39 is 0 Å². The first kappa shape index (κ1) is 14.7. The maximum absolute atomic E-state index is 11.4. The van der Waals surface area contributed by atoms with Gasteiger partial charge in [0.1, 0.15) is 5.75 Å². The maximum Gasteiger partial charge on any atom is 0.224 e. The number of nitrogens with two attached hydrogens (primary N) is 2. The second-order valence-electron chi connectivity index (χ2n) is 5.69. The minimum atomic E-state index is -0.370. The van der Waals surface area contributed by atoms with Crippen molar-refractivity contribution in [1.29, 1.82) is 0 Å². The minimum absolute atomic E-state index is 0.201. The van der Waals surface area contributed by atoms with Crippen molar-refractivity contribution in [2.24, 2.45) is 11.1 Å². The van der Waals surface area contributed by atoms with E-state index in [1.807, 2.05) is 31.2 Å². The summed E-state index contributed by atoms with van der Waals surface area (Å²) >= 11 is 0. The van der Waals surface area contributed by atoms with Crippen LogP contribution in [0.1, 0.15) is 19.8 Å².